The molecule has 144 valence electrons. The molecule has 7 nitrogen and oxygen atoms in total. The number of aromatic amines is 1. The van der Waals surface area contributed by atoms with E-state index < -0.39 is 0 Å². The second-order valence-electron chi connectivity index (χ2n) is 6.37. The number of amides is 1. The van der Waals surface area contributed by atoms with E-state index >= 15 is 0 Å². The van der Waals surface area contributed by atoms with Crippen molar-refractivity contribution in [2.75, 3.05) is 11.1 Å². The monoisotopic (exact) mass is 394 g/mol. The molecule has 0 fully saturated rings. The smallest absolute Gasteiger partial charge is 0.236 e. The van der Waals surface area contributed by atoms with E-state index in [2.05, 4.69) is 33.5 Å². The number of carbonyl (C=O) groups excluding carboxylic acids is 1. The molecule has 0 saturated carbocycles. The molecule has 0 atom stereocenters. The van der Waals surface area contributed by atoms with E-state index in [1.165, 1.54) is 11.8 Å². The lowest BCUT2D eigenvalue weighted by Gasteiger charge is -2.12. The van der Waals surface area contributed by atoms with Crippen LogP contribution in [-0.4, -0.2) is 31.4 Å². The predicted octanol–water partition coefficient (Wildman–Crippen LogP) is 3.77. The molecule has 2 heterocycles. The number of nitrogens with zero attached hydrogens (tertiary/aromatic N) is 4. The molecule has 8 heteroatoms. The molecule has 3 aromatic rings. The SMILES string of the molecule is CCCc1nc(SCC(=O)Nc2c(C#N)c(C)c(C)n2-c2ccccc2)n[nH]1. The molecule has 0 bridgehead atoms. The van der Waals surface area contributed by atoms with Crippen LogP contribution < -0.4 is 5.32 Å². The van der Waals surface area contributed by atoms with Gasteiger partial charge in [-0.1, -0.05) is 36.9 Å². The van der Waals surface area contributed by atoms with Gasteiger partial charge in [-0.25, -0.2) is 4.98 Å². The number of aromatic nitrogens is 4. The summed E-state index contributed by atoms with van der Waals surface area (Å²) >= 11 is 1.26. The van der Waals surface area contributed by atoms with Crippen molar-refractivity contribution in [2.45, 2.75) is 38.8 Å². The van der Waals surface area contributed by atoms with Crippen LogP contribution >= 0.6 is 11.8 Å². The zero-order valence-corrected chi connectivity index (χ0v) is 16.9. The summed E-state index contributed by atoms with van der Waals surface area (Å²) in [6.07, 6.45) is 1.81. The molecule has 0 aliphatic carbocycles. The number of anilines is 1. The molecule has 1 aromatic carbocycles. The second kappa shape index (κ2) is 8.76. The lowest BCUT2D eigenvalue weighted by molar-refractivity contribution is -0.113. The number of carbonyl (C=O) groups is 1. The van der Waals surface area contributed by atoms with Crippen molar-refractivity contribution in [1.82, 2.24) is 19.7 Å². The Hall–Kier alpha value is -3.05. The van der Waals surface area contributed by atoms with E-state index in [0.717, 1.165) is 35.6 Å². The molecule has 0 aliphatic rings. The van der Waals surface area contributed by atoms with Crippen LogP contribution in [-0.2, 0) is 11.2 Å². The zero-order chi connectivity index (χ0) is 20.1. The lowest BCUT2D eigenvalue weighted by Crippen LogP contribution is -2.17. The summed E-state index contributed by atoms with van der Waals surface area (Å²) in [5.41, 5.74) is 3.14. The predicted molar refractivity (Wildman–Crippen MR) is 110 cm³/mol. The van der Waals surface area contributed by atoms with Crippen LogP contribution in [0.3, 0.4) is 0 Å². The second-order valence-corrected chi connectivity index (χ2v) is 7.31. The fourth-order valence-corrected chi connectivity index (χ4v) is 3.57. The molecule has 28 heavy (non-hydrogen) atoms. The Morgan fingerprint density at radius 1 is 1.32 bits per heavy atom. The number of aryl methyl sites for hydroxylation is 1. The first-order valence-electron chi connectivity index (χ1n) is 9.06. The Labute approximate surface area is 168 Å². The number of benzene rings is 1. The number of thioether (sulfide) groups is 1. The number of H-pyrrole nitrogens is 1. The summed E-state index contributed by atoms with van der Waals surface area (Å²) in [6, 6.07) is 11.9. The maximum absolute atomic E-state index is 12.6. The number of para-hydroxylation sites is 1. The Morgan fingerprint density at radius 2 is 2.07 bits per heavy atom. The number of rotatable bonds is 7. The minimum atomic E-state index is -0.210. The highest BCUT2D eigenvalue weighted by Gasteiger charge is 2.20. The molecular formula is C20H22N6OS. The molecule has 0 spiro atoms. The number of nitrogens with one attached hydrogen (secondary N) is 2. The largest absolute Gasteiger partial charge is 0.310 e. The van der Waals surface area contributed by atoms with E-state index in [4.69, 9.17) is 0 Å². The van der Waals surface area contributed by atoms with Crippen molar-refractivity contribution in [3.05, 3.63) is 53.0 Å². The van der Waals surface area contributed by atoms with E-state index in [-0.39, 0.29) is 11.7 Å². The van der Waals surface area contributed by atoms with Crippen LogP contribution in [0, 0.1) is 25.2 Å². The summed E-state index contributed by atoms with van der Waals surface area (Å²) < 4.78 is 1.91. The quantitative estimate of drug-likeness (QED) is 0.594. The van der Waals surface area contributed by atoms with Gasteiger partial charge in [-0.05, 0) is 38.0 Å². The van der Waals surface area contributed by atoms with Gasteiger partial charge in [0.1, 0.15) is 17.7 Å². The highest BCUT2D eigenvalue weighted by Crippen LogP contribution is 2.30. The van der Waals surface area contributed by atoms with Gasteiger partial charge < -0.3 is 5.32 Å². The molecular weight excluding hydrogens is 372 g/mol. The molecule has 3 rings (SSSR count). The zero-order valence-electron chi connectivity index (χ0n) is 16.1. The molecule has 0 saturated heterocycles. The van der Waals surface area contributed by atoms with Crippen molar-refractivity contribution in [1.29, 1.82) is 5.26 Å². The normalized spacial score (nSPS) is 10.6. The highest BCUT2D eigenvalue weighted by atomic mass is 32.2. The molecule has 0 radical (unpaired) electrons. The first-order chi connectivity index (χ1) is 13.5. The van der Waals surface area contributed by atoms with Gasteiger partial charge in [0, 0.05) is 17.8 Å². The summed E-state index contributed by atoms with van der Waals surface area (Å²) in [6.45, 7) is 5.90. The van der Waals surface area contributed by atoms with Gasteiger partial charge in [0.15, 0.2) is 0 Å². The van der Waals surface area contributed by atoms with Gasteiger partial charge in [-0.3, -0.25) is 14.5 Å². The fraction of sp³-hybridized carbons (Fsp3) is 0.300. The summed E-state index contributed by atoms with van der Waals surface area (Å²) in [7, 11) is 0. The Kier molecular flexibility index (Phi) is 6.16. The average molecular weight is 395 g/mol. The lowest BCUT2D eigenvalue weighted by atomic mass is 10.2. The van der Waals surface area contributed by atoms with Crippen molar-refractivity contribution in [2.24, 2.45) is 0 Å². The maximum atomic E-state index is 12.6. The minimum Gasteiger partial charge on any atom is -0.310 e. The first kappa shape index (κ1) is 19.7. The third-order valence-electron chi connectivity index (χ3n) is 4.43. The number of hydrogen-bond acceptors (Lipinski definition) is 5. The van der Waals surface area contributed by atoms with E-state index in [0.29, 0.717) is 16.5 Å². The highest BCUT2D eigenvalue weighted by molar-refractivity contribution is 7.99. The van der Waals surface area contributed by atoms with Gasteiger partial charge in [0.2, 0.25) is 11.1 Å². The summed E-state index contributed by atoms with van der Waals surface area (Å²) in [5, 5.41) is 20.1. The molecule has 0 aliphatic heterocycles. The van der Waals surface area contributed by atoms with Crippen LogP contribution in [0.5, 0.6) is 0 Å². The molecule has 2 aromatic heterocycles. The van der Waals surface area contributed by atoms with Crippen LogP contribution in [0.25, 0.3) is 5.69 Å². The van der Waals surface area contributed by atoms with Gasteiger partial charge in [0.25, 0.3) is 0 Å². The van der Waals surface area contributed by atoms with Crippen molar-refractivity contribution in [3.63, 3.8) is 0 Å². The topological polar surface area (TPSA) is 99.4 Å². The van der Waals surface area contributed by atoms with Crippen molar-refractivity contribution in [3.8, 4) is 11.8 Å². The number of nitriles is 1. The standard InChI is InChI=1S/C20H22N6OS/c1-4-8-17-22-20(25-24-17)28-12-18(27)23-19-16(11-21)13(2)14(3)26(19)15-9-6-5-7-10-15/h5-7,9-10H,4,8,12H2,1-3H3,(H,23,27)(H,22,24,25). The van der Waals surface area contributed by atoms with Crippen LogP contribution in [0.4, 0.5) is 5.82 Å². The van der Waals surface area contributed by atoms with Gasteiger partial charge in [-0.2, -0.15) is 5.26 Å². The fourth-order valence-electron chi connectivity index (χ4n) is 2.95. The first-order valence-corrected chi connectivity index (χ1v) is 10.0. The maximum Gasteiger partial charge on any atom is 0.236 e. The Bertz CT molecular complexity index is 1020. The van der Waals surface area contributed by atoms with Crippen LogP contribution in [0.1, 0.15) is 36.0 Å². The van der Waals surface area contributed by atoms with E-state index in [9.17, 15) is 10.1 Å². The molecule has 0 unspecified atom stereocenters. The van der Waals surface area contributed by atoms with Crippen LogP contribution in [0.15, 0.2) is 35.5 Å². The third-order valence-corrected chi connectivity index (χ3v) is 5.28. The van der Waals surface area contributed by atoms with Gasteiger partial charge in [-0.15, -0.1) is 5.10 Å². The molecule has 1 amide bonds. The van der Waals surface area contributed by atoms with Crippen molar-refractivity contribution >= 4 is 23.5 Å². The van der Waals surface area contributed by atoms with Gasteiger partial charge >= 0.3 is 0 Å². The average Bonchev–Trinajstić information content (AvgIpc) is 3.24. The van der Waals surface area contributed by atoms with Gasteiger partial charge in [0.05, 0.1) is 11.3 Å². The Balaban J connectivity index is 1.80. The van der Waals surface area contributed by atoms with Crippen molar-refractivity contribution < 1.29 is 4.79 Å². The summed E-state index contributed by atoms with van der Waals surface area (Å²) in [5.74, 6) is 1.27. The van der Waals surface area contributed by atoms with E-state index in [1.807, 2.05) is 48.7 Å². The minimum absolute atomic E-state index is 0.159. The van der Waals surface area contributed by atoms with E-state index in [1.54, 1.807) is 0 Å². The third kappa shape index (κ3) is 4.10. The summed E-state index contributed by atoms with van der Waals surface area (Å²) in [4.78, 5) is 16.9. The number of hydrogen-bond donors (Lipinski definition) is 2. The Morgan fingerprint density at radius 3 is 2.75 bits per heavy atom. The molecule has 2 N–H and O–H groups in total. The van der Waals surface area contributed by atoms with Crippen LogP contribution in [0.2, 0.25) is 0 Å².